The van der Waals surface area contributed by atoms with Crippen LogP contribution in [-0.2, 0) is 17.8 Å². The molecule has 4 nitrogen and oxygen atoms in total. The summed E-state index contributed by atoms with van der Waals surface area (Å²) < 4.78 is 19.6. The zero-order valence-electron chi connectivity index (χ0n) is 15.8. The number of para-hydroxylation sites is 1. The van der Waals surface area contributed by atoms with Gasteiger partial charge in [-0.2, -0.15) is 0 Å². The molecule has 0 aliphatic carbocycles. The van der Waals surface area contributed by atoms with Crippen LogP contribution in [0.1, 0.15) is 18.2 Å². The predicted octanol–water partition coefficient (Wildman–Crippen LogP) is 5.92. The minimum absolute atomic E-state index is 0.0761. The number of thiazole rings is 1. The van der Waals surface area contributed by atoms with Crippen LogP contribution in [0.3, 0.4) is 0 Å². The average Bonchev–Trinajstić information content (AvgIpc) is 3.40. The highest BCUT2D eigenvalue weighted by molar-refractivity contribution is 8.00. The number of anilines is 1. The second kappa shape index (κ2) is 8.80. The Labute approximate surface area is 176 Å². The number of aromatic nitrogens is 1. The molecular weight excluding hydrogens is 407 g/mol. The molecule has 2 aromatic heterocycles. The van der Waals surface area contributed by atoms with Gasteiger partial charge in [-0.15, -0.1) is 11.8 Å². The molecule has 0 unspecified atom stereocenters. The quantitative estimate of drug-likeness (QED) is 0.344. The molecule has 0 fully saturated rings. The van der Waals surface area contributed by atoms with Gasteiger partial charge in [0.2, 0.25) is 5.91 Å². The van der Waals surface area contributed by atoms with Crippen LogP contribution in [0.15, 0.2) is 70.2 Å². The third-order valence-corrected chi connectivity index (χ3v) is 6.51. The first-order valence-electron chi connectivity index (χ1n) is 9.23. The number of hydrogen-bond donors (Lipinski definition) is 0. The maximum Gasteiger partial charge on any atom is 0.239 e. The Balaban J connectivity index is 1.60. The normalized spacial score (nSPS) is 11.1. The van der Waals surface area contributed by atoms with Gasteiger partial charge in [0.25, 0.3) is 0 Å². The molecule has 0 atom stereocenters. The Hall–Kier alpha value is -2.64. The fourth-order valence-corrected chi connectivity index (χ4v) is 4.77. The van der Waals surface area contributed by atoms with Gasteiger partial charge < -0.3 is 4.42 Å². The number of benzene rings is 2. The van der Waals surface area contributed by atoms with Crippen LogP contribution in [0.4, 0.5) is 9.52 Å². The molecule has 29 heavy (non-hydrogen) atoms. The van der Waals surface area contributed by atoms with Gasteiger partial charge in [0.1, 0.15) is 11.6 Å². The molecule has 0 saturated carbocycles. The predicted molar refractivity (Wildman–Crippen MR) is 116 cm³/mol. The van der Waals surface area contributed by atoms with E-state index in [0.29, 0.717) is 17.4 Å². The third-order valence-electron chi connectivity index (χ3n) is 4.47. The van der Waals surface area contributed by atoms with Crippen molar-refractivity contribution in [2.75, 3.05) is 10.7 Å². The molecule has 0 N–H and O–H groups in total. The van der Waals surface area contributed by atoms with Gasteiger partial charge in [-0.25, -0.2) is 9.37 Å². The lowest BCUT2D eigenvalue weighted by molar-refractivity contribution is -0.116. The van der Waals surface area contributed by atoms with Crippen LogP contribution in [0.2, 0.25) is 0 Å². The molecule has 148 valence electrons. The number of furan rings is 1. The van der Waals surface area contributed by atoms with Crippen molar-refractivity contribution >= 4 is 44.4 Å². The lowest BCUT2D eigenvalue weighted by atomic mass is 10.1. The number of fused-ring (bicyclic) bond motifs is 1. The molecule has 2 heterocycles. The van der Waals surface area contributed by atoms with Crippen LogP contribution in [0.25, 0.3) is 10.2 Å². The summed E-state index contributed by atoms with van der Waals surface area (Å²) in [6, 6.07) is 15.9. The highest BCUT2D eigenvalue weighted by Crippen LogP contribution is 2.32. The maximum absolute atomic E-state index is 13.1. The van der Waals surface area contributed by atoms with Crippen LogP contribution < -0.4 is 4.90 Å². The monoisotopic (exact) mass is 426 g/mol. The van der Waals surface area contributed by atoms with Gasteiger partial charge in [0.05, 0.1) is 28.8 Å². The van der Waals surface area contributed by atoms with Crippen LogP contribution >= 0.6 is 23.1 Å². The van der Waals surface area contributed by atoms with Gasteiger partial charge in [-0.3, -0.25) is 9.69 Å². The van der Waals surface area contributed by atoms with E-state index in [1.165, 1.54) is 35.2 Å². The van der Waals surface area contributed by atoms with Crippen molar-refractivity contribution in [3.05, 3.63) is 78.0 Å². The number of carbonyl (C=O) groups excluding carboxylic acids is 1. The summed E-state index contributed by atoms with van der Waals surface area (Å²) in [7, 11) is 0. The van der Waals surface area contributed by atoms with Gasteiger partial charge in [-0.1, -0.05) is 30.4 Å². The summed E-state index contributed by atoms with van der Waals surface area (Å²) in [6.07, 6.45) is 2.48. The van der Waals surface area contributed by atoms with Crippen molar-refractivity contribution in [3.8, 4) is 0 Å². The van der Waals surface area contributed by atoms with E-state index in [-0.39, 0.29) is 17.5 Å². The number of carbonyl (C=O) groups is 1. The number of nitrogens with zero attached hydrogens (tertiary/aromatic N) is 2. The van der Waals surface area contributed by atoms with Gasteiger partial charge >= 0.3 is 0 Å². The number of halogens is 1. The van der Waals surface area contributed by atoms with E-state index in [9.17, 15) is 9.18 Å². The van der Waals surface area contributed by atoms with Gasteiger partial charge in [0, 0.05) is 4.90 Å². The van der Waals surface area contributed by atoms with Crippen molar-refractivity contribution in [1.29, 1.82) is 0 Å². The minimum atomic E-state index is -0.290. The SMILES string of the molecule is CCc1cccc2sc(N(Cc3ccco3)C(=O)CSc3ccc(F)cc3)nc12. The molecule has 4 aromatic rings. The van der Waals surface area contributed by atoms with E-state index >= 15 is 0 Å². The standard InChI is InChI=1S/C22H19FN2O2S2/c1-2-15-5-3-7-19-21(15)24-22(29-19)25(13-17-6-4-12-27-17)20(26)14-28-18-10-8-16(23)9-11-18/h3-12H,2,13-14H2,1H3. The number of thioether (sulfide) groups is 1. The highest BCUT2D eigenvalue weighted by Gasteiger charge is 2.22. The van der Waals surface area contributed by atoms with E-state index in [1.54, 1.807) is 29.4 Å². The van der Waals surface area contributed by atoms with Crippen molar-refractivity contribution in [2.24, 2.45) is 0 Å². The number of aryl methyl sites for hydroxylation is 1. The van der Waals surface area contributed by atoms with E-state index in [4.69, 9.17) is 9.40 Å². The second-order valence-electron chi connectivity index (χ2n) is 6.42. The molecule has 0 radical (unpaired) electrons. The Morgan fingerprint density at radius 2 is 2.00 bits per heavy atom. The topological polar surface area (TPSA) is 46.3 Å². The lowest BCUT2D eigenvalue weighted by Crippen LogP contribution is -2.31. The zero-order chi connectivity index (χ0) is 20.2. The van der Waals surface area contributed by atoms with Crippen molar-refractivity contribution in [2.45, 2.75) is 24.8 Å². The zero-order valence-corrected chi connectivity index (χ0v) is 17.4. The lowest BCUT2D eigenvalue weighted by Gasteiger charge is -2.18. The Kier molecular flexibility index (Phi) is 5.97. The van der Waals surface area contributed by atoms with E-state index < -0.39 is 0 Å². The van der Waals surface area contributed by atoms with Crippen LogP contribution in [0.5, 0.6) is 0 Å². The smallest absolute Gasteiger partial charge is 0.239 e. The summed E-state index contributed by atoms with van der Waals surface area (Å²) in [5, 5.41) is 0.655. The Morgan fingerprint density at radius 1 is 1.17 bits per heavy atom. The summed E-state index contributed by atoms with van der Waals surface area (Å²) >= 11 is 2.88. The molecule has 0 bridgehead atoms. The molecule has 4 rings (SSSR count). The largest absolute Gasteiger partial charge is 0.467 e. The van der Waals surface area contributed by atoms with E-state index in [0.717, 1.165) is 27.1 Å². The second-order valence-corrected chi connectivity index (χ2v) is 8.47. The van der Waals surface area contributed by atoms with Crippen molar-refractivity contribution in [1.82, 2.24) is 4.98 Å². The Morgan fingerprint density at radius 3 is 2.72 bits per heavy atom. The van der Waals surface area contributed by atoms with Gasteiger partial charge in [-0.05, 0) is 54.4 Å². The fraction of sp³-hybridized carbons (Fsp3) is 0.182. The fourth-order valence-electron chi connectivity index (χ4n) is 2.97. The average molecular weight is 427 g/mol. The van der Waals surface area contributed by atoms with Crippen molar-refractivity contribution in [3.63, 3.8) is 0 Å². The number of amides is 1. The molecule has 0 spiro atoms. The third kappa shape index (κ3) is 4.52. The summed E-state index contributed by atoms with van der Waals surface area (Å²) in [6.45, 7) is 2.41. The number of hydrogen-bond acceptors (Lipinski definition) is 5. The number of rotatable bonds is 7. The first-order chi connectivity index (χ1) is 14.1. The van der Waals surface area contributed by atoms with Crippen LogP contribution in [0, 0.1) is 5.82 Å². The molecule has 7 heteroatoms. The molecular formula is C22H19FN2O2S2. The van der Waals surface area contributed by atoms with E-state index in [1.807, 2.05) is 18.2 Å². The van der Waals surface area contributed by atoms with Gasteiger partial charge in [0.15, 0.2) is 5.13 Å². The van der Waals surface area contributed by atoms with Crippen LogP contribution in [-0.4, -0.2) is 16.6 Å². The molecule has 0 saturated heterocycles. The first-order valence-corrected chi connectivity index (χ1v) is 11.0. The Bertz CT molecular complexity index is 1110. The highest BCUT2D eigenvalue weighted by atomic mass is 32.2. The van der Waals surface area contributed by atoms with Crippen molar-refractivity contribution < 1.29 is 13.6 Å². The molecule has 0 aliphatic heterocycles. The molecule has 0 aliphatic rings. The maximum atomic E-state index is 13.1. The summed E-state index contributed by atoms with van der Waals surface area (Å²) in [5.41, 5.74) is 2.11. The summed E-state index contributed by atoms with van der Waals surface area (Å²) in [5.74, 6) is 0.553. The molecule has 2 aromatic carbocycles. The summed E-state index contributed by atoms with van der Waals surface area (Å²) in [4.78, 5) is 20.4. The minimum Gasteiger partial charge on any atom is -0.467 e. The van der Waals surface area contributed by atoms with E-state index in [2.05, 4.69) is 13.0 Å². The first kappa shape index (κ1) is 19.7. The molecule has 1 amide bonds.